The molecule has 0 aliphatic carbocycles. The highest BCUT2D eigenvalue weighted by Gasteiger charge is 2.28. The molecular weight excluding hydrogens is 226 g/mol. The summed E-state index contributed by atoms with van der Waals surface area (Å²) < 4.78 is 0. The van der Waals surface area contributed by atoms with Crippen LogP contribution < -0.4 is 10.6 Å². The third-order valence-corrected chi connectivity index (χ3v) is 3.81. The number of amides is 1. The molecule has 1 aliphatic rings. The first kappa shape index (κ1) is 15.4. The molecular formula is C14H29N3O. The topological polar surface area (TPSA) is 44.4 Å². The van der Waals surface area contributed by atoms with Crippen LogP contribution in [0.4, 0.5) is 0 Å². The number of carbonyl (C=O) groups excluding carboxylic acids is 1. The van der Waals surface area contributed by atoms with E-state index in [0.29, 0.717) is 12.5 Å². The zero-order valence-corrected chi connectivity index (χ0v) is 12.4. The molecule has 4 nitrogen and oxygen atoms in total. The van der Waals surface area contributed by atoms with Crippen molar-refractivity contribution < 1.29 is 4.79 Å². The number of hydrogen-bond acceptors (Lipinski definition) is 3. The Balaban J connectivity index is 2.17. The van der Waals surface area contributed by atoms with Crippen molar-refractivity contribution in [3.8, 4) is 0 Å². The molecule has 1 saturated heterocycles. The quantitative estimate of drug-likeness (QED) is 0.750. The molecule has 0 bridgehead atoms. The Morgan fingerprint density at radius 3 is 2.50 bits per heavy atom. The summed E-state index contributed by atoms with van der Waals surface area (Å²) in [6.45, 7) is 10.3. The summed E-state index contributed by atoms with van der Waals surface area (Å²) in [5, 5.41) is 6.35. The average molecular weight is 255 g/mol. The average Bonchev–Trinajstić information content (AvgIpc) is 2.31. The number of carbonyl (C=O) groups is 1. The molecule has 1 aliphatic heterocycles. The van der Waals surface area contributed by atoms with Crippen molar-refractivity contribution in [1.82, 2.24) is 15.5 Å². The van der Waals surface area contributed by atoms with Gasteiger partial charge in [-0.3, -0.25) is 4.79 Å². The molecule has 1 amide bonds. The number of piperidine rings is 1. The standard InChI is InChI=1S/C14H29N3O/c1-12(2)15-8-5-13(18)16-11-14(3)6-9-17(4)10-7-14/h12,15H,5-11H2,1-4H3,(H,16,18). The maximum atomic E-state index is 11.7. The van der Waals surface area contributed by atoms with E-state index >= 15 is 0 Å². The van der Waals surface area contributed by atoms with E-state index in [9.17, 15) is 4.79 Å². The third-order valence-electron chi connectivity index (χ3n) is 3.81. The summed E-state index contributed by atoms with van der Waals surface area (Å²) in [5.74, 6) is 0.170. The van der Waals surface area contributed by atoms with Crippen molar-refractivity contribution in [2.45, 2.75) is 46.1 Å². The molecule has 0 saturated carbocycles. The van der Waals surface area contributed by atoms with Gasteiger partial charge in [-0.05, 0) is 38.4 Å². The fraction of sp³-hybridized carbons (Fsp3) is 0.929. The van der Waals surface area contributed by atoms with Gasteiger partial charge in [0, 0.05) is 25.6 Å². The predicted octanol–water partition coefficient (Wildman–Crippen LogP) is 1.22. The smallest absolute Gasteiger partial charge is 0.221 e. The summed E-state index contributed by atoms with van der Waals surface area (Å²) in [6.07, 6.45) is 2.93. The summed E-state index contributed by atoms with van der Waals surface area (Å²) in [7, 11) is 2.16. The molecule has 0 radical (unpaired) electrons. The van der Waals surface area contributed by atoms with Crippen molar-refractivity contribution in [1.29, 1.82) is 0 Å². The van der Waals surface area contributed by atoms with Crippen LogP contribution in [0.1, 0.15) is 40.0 Å². The van der Waals surface area contributed by atoms with Gasteiger partial charge in [-0.2, -0.15) is 0 Å². The van der Waals surface area contributed by atoms with Gasteiger partial charge in [0.05, 0.1) is 0 Å². The van der Waals surface area contributed by atoms with E-state index in [-0.39, 0.29) is 11.3 Å². The zero-order valence-electron chi connectivity index (χ0n) is 12.4. The second-order valence-electron chi connectivity index (χ2n) is 6.25. The van der Waals surface area contributed by atoms with Gasteiger partial charge < -0.3 is 15.5 Å². The van der Waals surface area contributed by atoms with Gasteiger partial charge in [-0.25, -0.2) is 0 Å². The lowest BCUT2D eigenvalue weighted by Gasteiger charge is -2.38. The van der Waals surface area contributed by atoms with Gasteiger partial charge in [-0.1, -0.05) is 20.8 Å². The van der Waals surface area contributed by atoms with Crippen LogP contribution in [0.25, 0.3) is 0 Å². The maximum Gasteiger partial charge on any atom is 0.221 e. The van der Waals surface area contributed by atoms with Gasteiger partial charge in [0.25, 0.3) is 0 Å². The van der Waals surface area contributed by atoms with E-state index in [0.717, 1.165) is 26.2 Å². The van der Waals surface area contributed by atoms with Crippen LogP contribution in [-0.4, -0.2) is 50.1 Å². The first-order valence-corrected chi connectivity index (χ1v) is 7.10. The molecule has 18 heavy (non-hydrogen) atoms. The lowest BCUT2D eigenvalue weighted by atomic mass is 9.80. The van der Waals surface area contributed by atoms with Gasteiger partial charge in [0.1, 0.15) is 0 Å². The van der Waals surface area contributed by atoms with Crippen LogP contribution in [0.5, 0.6) is 0 Å². The number of rotatable bonds is 6. The molecule has 0 aromatic carbocycles. The van der Waals surface area contributed by atoms with Crippen LogP contribution >= 0.6 is 0 Å². The number of nitrogens with zero attached hydrogens (tertiary/aromatic N) is 1. The zero-order chi connectivity index (χ0) is 13.6. The highest BCUT2D eigenvalue weighted by atomic mass is 16.1. The van der Waals surface area contributed by atoms with Crippen LogP contribution in [-0.2, 0) is 4.79 Å². The molecule has 106 valence electrons. The lowest BCUT2D eigenvalue weighted by molar-refractivity contribution is -0.121. The van der Waals surface area contributed by atoms with Crippen LogP contribution in [0.15, 0.2) is 0 Å². The largest absolute Gasteiger partial charge is 0.356 e. The minimum atomic E-state index is 0.170. The van der Waals surface area contributed by atoms with E-state index in [1.54, 1.807) is 0 Å². The van der Waals surface area contributed by atoms with Gasteiger partial charge >= 0.3 is 0 Å². The summed E-state index contributed by atoms with van der Waals surface area (Å²) >= 11 is 0. The van der Waals surface area contributed by atoms with Crippen LogP contribution in [0.3, 0.4) is 0 Å². The van der Waals surface area contributed by atoms with Crippen molar-refractivity contribution in [2.24, 2.45) is 5.41 Å². The molecule has 1 rings (SSSR count). The maximum absolute atomic E-state index is 11.7. The van der Waals surface area contributed by atoms with Crippen molar-refractivity contribution in [3.05, 3.63) is 0 Å². The van der Waals surface area contributed by atoms with Crippen molar-refractivity contribution in [2.75, 3.05) is 33.2 Å². The summed E-state index contributed by atoms with van der Waals surface area (Å²) in [5.41, 5.74) is 0.285. The lowest BCUT2D eigenvalue weighted by Crippen LogP contribution is -2.43. The fourth-order valence-corrected chi connectivity index (χ4v) is 2.21. The molecule has 2 N–H and O–H groups in total. The van der Waals surface area contributed by atoms with Crippen molar-refractivity contribution in [3.63, 3.8) is 0 Å². The Bertz CT molecular complexity index is 258. The fourth-order valence-electron chi connectivity index (χ4n) is 2.21. The molecule has 0 atom stereocenters. The Morgan fingerprint density at radius 1 is 1.33 bits per heavy atom. The first-order chi connectivity index (χ1) is 8.41. The SMILES string of the molecule is CC(C)NCCC(=O)NCC1(C)CCN(C)CC1. The predicted molar refractivity (Wildman–Crippen MR) is 75.6 cm³/mol. The van der Waals surface area contributed by atoms with Gasteiger partial charge in [0.2, 0.25) is 5.91 Å². The van der Waals surface area contributed by atoms with E-state index in [4.69, 9.17) is 0 Å². The second-order valence-corrected chi connectivity index (χ2v) is 6.25. The molecule has 0 aromatic rings. The first-order valence-electron chi connectivity index (χ1n) is 7.10. The molecule has 4 heteroatoms. The van der Waals surface area contributed by atoms with Gasteiger partial charge in [-0.15, -0.1) is 0 Å². The Hall–Kier alpha value is -0.610. The van der Waals surface area contributed by atoms with E-state index in [1.165, 1.54) is 12.8 Å². The molecule has 0 aromatic heterocycles. The highest BCUT2D eigenvalue weighted by Crippen LogP contribution is 2.29. The minimum Gasteiger partial charge on any atom is -0.356 e. The molecule has 1 heterocycles. The monoisotopic (exact) mass is 255 g/mol. The molecule has 0 unspecified atom stereocenters. The normalized spacial score (nSPS) is 20.1. The third kappa shape index (κ3) is 5.83. The Morgan fingerprint density at radius 2 is 1.94 bits per heavy atom. The molecule has 0 spiro atoms. The van der Waals surface area contributed by atoms with E-state index in [1.807, 2.05) is 0 Å². The minimum absolute atomic E-state index is 0.170. The number of hydrogen-bond donors (Lipinski definition) is 2. The highest BCUT2D eigenvalue weighted by molar-refractivity contribution is 5.76. The van der Waals surface area contributed by atoms with Gasteiger partial charge in [0.15, 0.2) is 0 Å². The second kappa shape index (κ2) is 7.10. The Labute approximate surface area is 111 Å². The summed E-state index contributed by atoms with van der Waals surface area (Å²) in [6, 6.07) is 0.448. The Kier molecular flexibility index (Phi) is 6.09. The molecule has 1 fully saturated rings. The van der Waals surface area contributed by atoms with Crippen LogP contribution in [0.2, 0.25) is 0 Å². The van der Waals surface area contributed by atoms with Crippen LogP contribution in [0, 0.1) is 5.41 Å². The van der Waals surface area contributed by atoms with E-state index < -0.39 is 0 Å². The number of nitrogens with one attached hydrogen (secondary N) is 2. The van der Waals surface area contributed by atoms with E-state index in [2.05, 4.69) is 43.4 Å². The summed E-state index contributed by atoms with van der Waals surface area (Å²) in [4.78, 5) is 14.1. The number of likely N-dealkylation sites (tertiary alicyclic amines) is 1. The van der Waals surface area contributed by atoms with Crippen molar-refractivity contribution >= 4 is 5.91 Å².